The Kier molecular flexibility index (Phi) is 8.54. The lowest BCUT2D eigenvalue weighted by atomic mass is 10.0. The standard InChI is InChI=1S/C17H23F2N3O.2ClH/c1-12(14-5-4-13(18)11-15(14)19)21-7-9-22(10-8-21)17(23)16-3-2-6-20-16;;/h4-5,11-12,16,20H,2-3,6-10H2,1H3;2*1H. The molecule has 1 amide bonds. The van der Waals surface area contributed by atoms with Crippen molar-refractivity contribution in [3.63, 3.8) is 0 Å². The van der Waals surface area contributed by atoms with Crippen LogP contribution in [-0.2, 0) is 4.79 Å². The van der Waals surface area contributed by atoms with Crippen LogP contribution in [0.1, 0.15) is 31.4 Å². The summed E-state index contributed by atoms with van der Waals surface area (Å²) in [4.78, 5) is 16.4. The molecule has 2 fully saturated rings. The molecule has 0 bridgehead atoms. The quantitative estimate of drug-likeness (QED) is 0.854. The smallest absolute Gasteiger partial charge is 0.239 e. The highest BCUT2D eigenvalue weighted by Gasteiger charge is 2.30. The molecule has 8 heteroatoms. The van der Waals surface area contributed by atoms with E-state index in [9.17, 15) is 13.6 Å². The predicted octanol–water partition coefficient (Wildman–Crippen LogP) is 2.77. The van der Waals surface area contributed by atoms with Gasteiger partial charge in [-0.2, -0.15) is 0 Å². The van der Waals surface area contributed by atoms with Crippen LogP contribution in [0.3, 0.4) is 0 Å². The first-order valence-corrected chi connectivity index (χ1v) is 8.27. The van der Waals surface area contributed by atoms with Crippen molar-refractivity contribution in [1.82, 2.24) is 15.1 Å². The zero-order valence-corrected chi connectivity index (χ0v) is 15.8. The number of nitrogens with zero attached hydrogens (tertiary/aromatic N) is 2. The van der Waals surface area contributed by atoms with Crippen molar-refractivity contribution in [3.05, 3.63) is 35.4 Å². The number of rotatable bonds is 3. The molecule has 2 heterocycles. The lowest BCUT2D eigenvalue weighted by Crippen LogP contribution is -2.53. The van der Waals surface area contributed by atoms with Gasteiger partial charge in [-0.15, -0.1) is 24.8 Å². The first-order chi connectivity index (χ1) is 11.1. The van der Waals surface area contributed by atoms with Crippen molar-refractivity contribution in [1.29, 1.82) is 0 Å². The second-order valence-electron chi connectivity index (χ2n) is 6.35. The van der Waals surface area contributed by atoms with Crippen LogP contribution in [0, 0.1) is 11.6 Å². The van der Waals surface area contributed by atoms with Crippen LogP contribution in [-0.4, -0.2) is 54.5 Å². The number of carbonyl (C=O) groups excluding carboxylic acids is 1. The van der Waals surface area contributed by atoms with Gasteiger partial charge in [-0.1, -0.05) is 6.07 Å². The van der Waals surface area contributed by atoms with Crippen molar-refractivity contribution >= 4 is 30.7 Å². The van der Waals surface area contributed by atoms with E-state index in [4.69, 9.17) is 0 Å². The maximum absolute atomic E-state index is 13.9. The molecule has 0 saturated carbocycles. The van der Waals surface area contributed by atoms with E-state index >= 15 is 0 Å². The number of hydrogen-bond donors (Lipinski definition) is 1. The fourth-order valence-corrected chi connectivity index (χ4v) is 3.48. The largest absolute Gasteiger partial charge is 0.339 e. The van der Waals surface area contributed by atoms with E-state index in [1.807, 2.05) is 11.8 Å². The van der Waals surface area contributed by atoms with Crippen LogP contribution in [0.4, 0.5) is 8.78 Å². The Bertz CT molecular complexity index is 577. The van der Waals surface area contributed by atoms with Gasteiger partial charge in [0.2, 0.25) is 5.91 Å². The normalized spacial score (nSPS) is 22.0. The van der Waals surface area contributed by atoms with Crippen LogP contribution in [0.15, 0.2) is 18.2 Å². The van der Waals surface area contributed by atoms with Crippen molar-refractivity contribution in [2.75, 3.05) is 32.7 Å². The van der Waals surface area contributed by atoms with Crippen molar-refractivity contribution < 1.29 is 13.6 Å². The Labute approximate surface area is 159 Å². The summed E-state index contributed by atoms with van der Waals surface area (Å²) in [5, 5.41) is 3.24. The summed E-state index contributed by atoms with van der Waals surface area (Å²) in [7, 11) is 0. The van der Waals surface area contributed by atoms with Crippen LogP contribution in [0.25, 0.3) is 0 Å². The number of nitrogens with one attached hydrogen (secondary N) is 1. The second-order valence-corrected chi connectivity index (χ2v) is 6.35. The number of amides is 1. The molecule has 0 aromatic heterocycles. The Balaban J connectivity index is 0.00000156. The number of carbonyl (C=O) groups is 1. The number of piperazine rings is 1. The van der Waals surface area contributed by atoms with E-state index in [0.29, 0.717) is 31.7 Å². The summed E-state index contributed by atoms with van der Waals surface area (Å²) in [6, 6.07) is 3.57. The van der Waals surface area contributed by atoms with E-state index in [-0.39, 0.29) is 42.8 Å². The van der Waals surface area contributed by atoms with Crippen LogP contribution in [0.2, 0.25) is 0 Å². The highest BCUT2D eigenvalue weighted by atomic mass is 35.5. The average Bonchev–Trinajstić information content (AvgIpc) is 3.08. The highest BCUT2D eigenvalue weighted by molar-refractivity contribution is 5.85. The zero-order chi connectivity index (χ0) is 16.4. The number of benzene rings is 1. The number of halogens is 4. The molecule has 1 aromatic carbocycles. The fourth-order valence-electron chi connectivity index (χ4n) is 3.48. The maximum Gasteiger partial charge on any atom is 0.239 e. The van der Waals surface area contributed by atoms with Crippen LogP contribution in [0.5, 0.6) is 0 Å². The molecule has 0 radical (unpaired) electrons. The molecule has 2 unspecified atom stereocenters. The maximum atomic E-state index is 13.9. The molecular weight excluding hydrogens is 371 g/mol. The Morgan fingerprint density at radius 2 is 1.88 bits per heavy atom. The van der Waals surface area contributed by atoms with Gasteiger partial charge >= 0.3 is 0 Å². The third kappa shape index (κ3) is 5.03. The molecule has 3 rings (SSSR count). The van der Waals surface area contributed by atoms with E-state index in [2.05, 4.69) is 10.2 Å². The van der Waals surface area contributed by atoms with Crippen LogP contribution >= 0.6 is 24.8 Å². The van der Waals surface area contributed by atoms with Crippen molar-refractivity contribution in [2.45, 2.75) is 31.8 Å². The molecule has 25 heavy (non-hydrogen) atoms. The molecule has 142 valence electrons. The van der Waals surface area contributed by atoms with Crippen LogP contribution < -0.4 is 5.32 Å². The van der Waals surface area contributed by atoms with E-state index in [0.717, 1.165) is 25.5 Å². The first-order valence-electron chi connectivity index (χ1n) is 8.27. The predicted molar refractivity (Wildman–Crippen MR) is 98.4 cm³/mol. The fraction of sp³-hybridized carbons (Fsp3) is 0.588. The van der Waals surface area contributed by atoms with E-state index in [1.165, 1.54) is 12.1 Å². The molecule has 2 aliphatic heterocycles. The lowest BCUT2D eigenvalue weighted by Gasteiger charge is -2.39. The van der Waals surface area contributed by atoms with Crippen molar-refractivity contribution in [2.24, 2.45) is 0 Å². The Hall–Kier alpha value is -0.950. The van der Waals surface area contributed by atoms with Gasteiger partial charge in [0.15, 0.2) is 0 Å². The molecule has 1 aromatic rings. The average molecular weight is 396 g/mol. The summed E-state index contributed by atoms with van der Waals surface area (Å²) < 4.78 is 27.0. The second kappa shape index (κ2) is 9.67. The van der Waals surface area contributed by atoms with Gasteiger partial charge in [-0.05, 0) is 32.4 Å². The molecule has 2 saturated heterocycles. The summed E-state index contributed by atoms with van der Waals surface area (Å²) in [5.74, 6) is -0.883. The summed E-state index contributed by atoms with van der Waals surface area (Å²) in [5.41, 5.74) is 0.503. The SMILES string of the molecule is CC(c1ccc(F)cc1F)N1CCN(C(=O)C2CCCN2)CC1.Cl.Cl. The monoisotopic (exact) mass is 395 g/mol. The van der Waals surface area contributed by atoms with Gasteiger partial charge in [0, 0.05) is 43.9 Å². The highest BCUT2D eigenvalue weighted by Crippen LogP contribution is 2.25. The number of hydrogen-bond acceptors (Lipinski definition) is 3. The van der Waals surface area contributed by atoms with Gasteiger partial charge in [-0.3, -0.25) is 9.69 Å². The zero-order valence-electron chi connectivity index (χ0n) is 14.2. The van der Waals surface area contributed by atoms with Gasteiger partial charge < -0.3 is 10.2 Å². The third-order valence-electron chi connectivity index (χ3n) is 4.94. The van der Waals surface area contributed by atoms with Crippen molar-refractivity contribution in [3.8, 4) is 0 Å². The summed E-state index contributed by atoms with van der Waals surface area (Å²) >= 11 is 0. The molecule has 0 spiro atoms. The minimum atomic E-state index is -0.557. The van der Waals surface area contributed by atoms with Gasteiger partial charge in [0.25, 0.3) is 0 Å². The molecular formula is C17H25Cl2F2N3O. The lowest BCUT2D eigenvalue weighted by molar-refractivity contribution is -0.135. The molecule has 2 aliphatic rings. The third-order valence-corrected chi connectivity index (χ3v) is 4.94. The summed E-state index contributed by atoms with van der Waals surface area (Å²) in [6.07, 6.45) is 1.97. The molecule has 2 atom stereocenters. The summed E-state index contributed by atoms with van der Waals surface area (Å²) in [6.45, 7) is 5.56. The van der Waals surface area contributed by atoms with E-state index < -0.39 is 11.6 Å². The molecule has 1 N–H and O–H groups in total. The van der Waals surface area contributed by atoms with Gasteiger partial charge in [-0.25, -0.2) is 8.78 Å². The first kappa shape index (κ1) is 22.1. The molecule has 0 aliphatic carbocycles. The van der Waals surface area contributed by atoms with E-state index in [1.54, 1.807) is 0 Å². The topological polar surface area (TPSA) is 35.6 Å². The van der Waals surface area contributed by atoms with Gasteiger partial charge in [0.1, 0.15) is 11.6 Å². The van der Waals surface area contributed by atoms with Gasteiger partial charge in [0.05, 0.1) is 6.04 Å². The minimum absolute atomic E-state index is 0. The Morgan fingerprint density at radius 3 is 2.44 bits per heavy atom. The Morgan fingerprint density at radius 1 is 1.20 bits per heavy atom. The molecule has 4 nitrogen and oxygen atoms in total. The minimum Gasteiger partial charge on any atom is -0.339 e.